The van der Waals surface area contributed by atoms with Gasteiger partial charge in [0, 0.05) is 30.4 Å². The van der Waals surface area contributed by atoms with Crippen molar-refractivity contribution < 1.29 is 0 Å². The number of pyridine rings is 1. The highest BCUT2D eigenvalue weighted by atomic mass is 35.5. The van der Waals surface area contributed by atoms with Crippen LogP contribution in [0.15, 0.2) is 24.5 Å². The number of imidazole rings is 1. The Morgan fingerprint density at radius 2 is 2.19 bits per heavy atom. The molecule has 0 amide bonds. The van der Waals surface area contributed by atoms with Gasteiger partial charge in [-0.1, -0.05) is 6.92 Å². The van der Waals surface area contributed by atoms with Gasteiger partial charge in [-0.2, -0.15) is 0 Å². The summed E-state index contributed by atoms with van der Waals surface area (Å²) in [6.07, 6.45) is 4.61. The molecular formula is C12H14ClN3. The van der Waals surface area contributed by atoms with Crippen molar-refractivity contribution in [3.63, 3.8) is 0 Å². The smallest absolute Gasteiger partial charge is 0.138 e. The third-order valence-electron chi connectivity index (χ3n) is 2.43. The Hall–Kier alpha value is -1.35. The van der Waals surface area contributed by atoms with Gasteiger partial charge in [-0.3, -0.25) is 4.57 Å². The van der Waals surface area contributed by atoms with Crippen molar-refractivity contribution in [1.82, 2.24) is 14.5 Å². The van der Waals surface area contributed by atoms with Gasteiger partial charge in [-0.15, -0.1) is 11.6 Å². The van der Waals surface area contributed by atoms with Gasteiger partial charge >= 0.3 is 0 Å². The van der Waals surface area contributed by atoms with Crippen LogP contribution in [0.3, 0.4) is 0 Å². The molecule has 0 bridgehead atoms. The van der Waals surface area contributed by atoms with Crippen molar-refractivity contribution in [2.24, 2.45) is 0 Å². The van der Waals surface area contributed by atoms with E-state index in [-0.39, 0.29) is 0 Å². The quantitative estimate of drug-likeness (QED) is 0.766. The highest BCUT2D eigenvalue weighted by Gasteiger charge is 2.06. The maximum Gasteiger partial charge on any atom is 0.138 e. The zero-order valence-corrected chi connectivity index (χ0v) is 10.2. The summed E-state index contributed by atoms with van der Waals surface area (Å²) >= 11 is 5.85. The van der Waals surface area contributed by atoms with Crippen LogP contribution in [0.2, 0.25) is 0 Å². The van der Waals surface area contributed by atoms with Crippen LogP contribution in [0.5, 0.6) is 0 Å². The third kappa shape index (κ3) is 2.09. The number of nitrogens with zero attached hydrogens (tertiary/aromatic N) is 3. The molecule has 0 spiro atoms. The number of rotatable bonds is 3. The second kappa shape index (κ2) is 4.66. The summed E-state index contributed by atoms with van der Waals surface area (Å²) in [6.45, 7) is 4.05. The first kappa shape index (κ1) is 11.1. The maximum atomic E-state index is 5.85. The van der Waals surface area contributed by atoms with Crippen molar-refractivity contribution in [3.8, 4) is 5.82 Å². The highest BCUT2D eigenvalue weighted by Crippen LogP contribution is 2.14. The van der Waals surface area contributed by atoms with E-state index in [1.54, 1.807) is 6.20 Å². The second-order valence-corrected chi connectivity index (χ2v) is 3.94. The fourth-order valence-corrected chi connectivity index (χ4v) is 1.88. The van der Waals surface area contributed by atoms with Gasteiger partial charge in [0.1, 0.15) is 11.6 Å². The van der Waals surface area contributed by atoms with Crippen LogP contribution in [0.25, 0.3) is 5.82 Å². The summed E-state index contributed by atoms with van der Waals surface area (Å²) in [5, 5.41) is 0. The van der Waals surface area contributed by atoms with Crippen LogP contribution < -0.4 is 0 Å². The minimum absolute atomic E-state index is 0.506. The van der Waals surface area contributed by atoms with Crippen molar-refractivity contribution in [2.75, 3.05) is 0 Å². The SMILES string of the molecule is CCc1nccn1-c1cc(CCl)cc(C)n1. The van der Waals surface area contributed by atoms with Gasteiger partial charge in [0.2, 0.25) is 0 Å². The molecule has 0 saturated heterocycles. The Balaban J connectivity index is 2.51. The van der Waals surface area contributed by atoms with Crippen molar-refractivity contribution in [3.05, 3.63) is 41.6 Å². The van der Waals surface area contributed by atoms with E-state index in [2.05, 4.69) is 16.9 Å². The molecule has 0 aromatic carbocycles. The minimum Gasteiger partial charge on any atom is -0.288 e. The summed E-state index contributed by atoms with van der Waals surface area (Å²) in [5.74, 6) is 2.41. The number of hydrogen-bond acceptors (Lipinski definition) is 2. The Bertz CT molecular complexity index is 491. The van der Waals surface area contributed by atoms with Crippen molar-refractivity contribution in [2.45, 2.75) is 26.1 Å². The summed E-state index contributed by atoms with van der Waals surface area (Å²) in [6, 6.07) is 4.00. The molecule has 0 aliphatic heterocycles. The molecule has 0 aliphatic rings. The summed E-state index contributed by atoms with van der Waals surface area (Å²) in [5.41, 5.74) is 2.06. The number of hydrogen-bond donors (Lipinski definition) is 0. The third-order valence-corrected chi connectivity index (χ3v) is 2.74. The standard InChI is InChI=1S/C12H14ClN3/c1-3-11-14-4-5-16(11)12-7-10(8-13)6-9(2)15-12/h4-7H,3,8H2,1-2H3. The van der Waals surface area contributed by atoms with Gasteiger partial charge in [-0.05, 0) is 24.6 Å². The molecule has 4 heteroatoms. The van der Waals surface area contributed by atoms with E-state index in [4.69, 9.17) is 11.6 Å². The molecular weight excluding hydrogens is 222 g/mol. The van der Waals surface area contributed by atoms with Gasteiger partial charge < -0.3 is 0 Å². The Kier molecular flexibility index (Phi) is 3.25. The molecule has 0 N–H and O–H groups in total. The van der Waals surface area contributed by atoms with E-state index >= 15 is 0 Å². The van der Waals surface area contributed by atoms with E-state index in [1.165, 1.54) is 0 Å². The van der Waals surface area contributed by atoms with Crippen LogP contribution >= 0.6 is 11.6 Å². The van der Waals surface area contributed by atoms with E-state index in [0.717, 1.165) is 29.3 Å². The Morgan fingerprint density at radius 3 is 2.88 bits per heavy atom. The average molecular weight is 236 g/mol. The normalized spacial score (nSPS) is 10.7. The Labute approximate surface area is 100 Å². The first-order valence-corrected chi connectivity index (χ1v) is 5.84. The average Bonchev–Trinajstić information content (AvgIpc) is 2.76. The summed E-state index contributed by atoms with van der Waals surface area (Å²) < 4.78 is 2.00. The van der Waals surface area contributed by atoms with Gasteiger partial charge in [-0.25, -0.2) is 9.97 Å². The molecule has 0 unspecified atom stereocenters. The van der Waals surface area contributed by atoms with E-state index in [1.807, 2.05) is 29.8 Å². The molecule has 3 nitrogen and oxygen atoms in total. The van der Waals surface area contributed by atoms with E-state index in [9.17, 15) is 0 Å². The lowest BCUT2D eigenvalue weighted by molar-refractivity contribution is 0.860. The lowest BCUT2D eigenvalue weighted by atomic mass is 10.2. The predicted molar refractivity (Wildman–Crippen MR) is 65.0 cm³/mol. The zero-order chi connectivity index (χ0) is 11.5. The van der Waals surface area contributed by atoms with Crippen LogP contribution in [0.1, 0.15) is 24.0 Å². The highest BCUT2D eigenvalue weighted by molar-refractivity contribution is 6.17. The molecule has 2 aromatic rings. The molecule has 2 rings (SSSR count). The molecule has 2 heterocycles. The second-order valence-electron chi connectivity index (χ2n) is 3.68. The van der Waals surface area contributed by atoms with Crippen LogP contribution in [0.4, 0.5) is 0 Å². The topological polar surface area (TPSA) is 30.7 Å². The van der Waals surface area contributed by atoms with Crippen LogP contribution in [-0.2, 0) is 12.3 Å². The molecule has 0 radical (unpaired) electrons. The molecule has 2 aromatic heterocycles. The van der Waals surface area contributed by atoms with Gasteiger partial charge in [0.25, 0.3) is 0 Å². The summed E-state index contributed by atoms with van der Waals surface area (Å²) in [4.78, 5) is 8.78. The molecule has 0 aliphatic carbocycles. The van der Waals surface area contributed by atoms with E-state index in [0.29, 0.717) is 5.88 Å². The number of alkyl halides is 1. The first-order chi connectivity index (χ1) is 7.74. The largest absolute Gasteiger partial charge is 0.288 e. The number of aryl methyl sites for hydroxylation is 2. The predicted octanol–water partition coefficient (Wildman–Crippen LogP) is 2.88. The van der Waals surface area contributed by atoms with Crippen molar-refractivity contribution in [1.29, 1.82) is 0 Å². The van der Waals surface area contributed by atoms with Crippen LogP contribution in [0, 0.1) is 6.92 Å². The molecule has 16 heavy (non-hydrogen) atoms. The zero-order valence-electron chi connectivity index (χ0n) is 9.44. The minimum atomic E-state index is 0.506. The Morgan fingerprint density at radius 1 is 1.38 bits per heavy atom. The fourth-order valence-electron chi connectivity index (χ4n) is 1.73. The van der Waals surface area contributed by atoms with Crippen molar-refractivity contribution >= 4 is 11.6 Å². The monoisotopic (exact) mass is 235 g/mol. The molecule has 0 atom stereocenters. The lowest BCUT2D eigenvalue weighted by Crippen LogP contribution is -2.03. The van der Waals surface area contributed by atoms with Gasteiger partial charge in [0.05, 0.1) is 0 Å². The fraction of sp³-hybridized carbons (Fsp3) is 0.333. The first-order valence-electron chi connectivity index (χ1n) is 5.30. The summed E-state index contributed by atoms with van der Waals surface area (Å²) in [7, 11) is 0. The van der Waals surface area contributed by atoms with Crippen LogP contribution in [-0.4, -0.2) is 14.5 Å². The maximum absolute atomic E-state index is 5.85. The molecule has 84 valence electrons. The lowest BCUT2D eigenvalue weighted by Gasteiger charge is -2.08. The molecule has 0 saturated carbocycles. The number of aromatic nitrogens is 3. The van der Waals surface area contributed by atoms with Gasteiger partial charge in [0.15, 0.2) is 0 Å². The van der Waals surface area contributed by atoms with E-state index < -0.39 is 0 Å². The molecule has 0 fully saturated rings. The number of halogens is 1.